The molecule has 124 valence electrons. The first-order valence-corrected chi connectivity index (χ1v) is 8.14. The highest BCUT2D eigenvalue weighted by Crippen LogP contribution is 2.26. The number of pyridine rings is 1. The van der Waals surface area contributed by atoms with Gasteiger partial charge in [-0.15, -0.1) is 0 Å². The summed E-state index contributed by atoms with van der Waals surface area (Å²) in [6.45, 7) is 6.30. The highest BCUT2D eigenvalue weighted by atomic mass is 15.1. The Balaban J connectivity index is 1.81. The molecule has 0 aliphatic rings. The zero-order valence-corrected chi connectivity index (χ0v) is 14.6. The molecule has 3 rings (SSSR count). The summed E-state index contributed by atoms with van der Waals surface area (Å²) >= 11 is 0. The van der Waals surface area contributed by atoms with Gasteiger partial charge in [-0.25, -0.2) is 4.98 Å². The van der Waals surface area contributed by atoms with Crippen molar-refractivity contribution in [2.75, 3.05) is 10.6 Å². The number of aromatic nitrogens is 1. The van der Waals surface area contributed by atoms with Gasteiger partial charge in [0.2, 0.25) is 0 Å². The molecular weight excluding hydrogens is 308 g/mol. The van der Waals surface area contributed by atoms with Crippen molar-refractivity contribution in [2.24, 2.45) is 0 Å². The molecule has 0 unspecified atom stereocenters. The summed E-state index contributed by atoms with van der Waals surface area (Å²) in [6, 6.07) is 19.6. The maximum Gasteiger partial charge on any atom is 0.132 e. The first-order valence-electron chi connectivity index (χ1n) is 8.14. The molecule has 0 saturated heterocycles. The lowest BCUT2D eigenvalue weighted by molar-refractivity contribution is 1.26. The lowest BCUT2D eigenvalue weighted by atomic mass is 10.1. The van der Waals surface area contributed by atoms with Crippen LogP contribution in [-0.4, -0.2) is 4.98 Å². The van der Waals surface area contributed by atoms with Crippen molar-refractivity contribution in [3.05, 3.63) is 76.9 Å². The lowest BCUT2D eigenvalue weighted by Crippen LogP contribution is -2.01. The second-order valence-electron chi connectivity index (χ2n) is 6.12. The van der Waals surface area contributed by atoms with E-state index in [-0.39, 0.29) is 0 Å². The first-order chi connectivity index (χ1) is 12.0. The molecule has 2 N–H and O–H groups in total. The third-order valence-electron chi connectivity index (χ3n) is 3.97. The summed E-state index contributed by atoms with van der Waals surface area (Å²) in [5, 5.41) is 15.5. The van der Waals surface area contributed by atoms with Gasteiger partial charge in [-0.2, -0.15) is 5.26 Å². The Hall–Kier alpha value is -3.32. The van der Waals surface area contributed by atoms with Gasteiger partial charge in [0.05, 0.1) is 11.6 Å². The molecule has 0 aliphatic heterocycles. The number of nitriles is 1. The Bertz CT molecular complexity index is 914. The fourth-order valence-electron chi connectivity index (χ4n) is 2.86. The van der Waals surface area contributed by atoms with Gasteiger partial charge in [0.15, 0.2) is 0 Å². The number of nitrogens with zero attached hydrogens (tertiary/aromatic N) is 2. The van der Waals surface area contributed by atoms with E-state index >= 15 is 0 Å². The van der Waals surface area contributed by atoms with E-state index in [0.29, 0.717) is 5.56 Å². The van der Waals surface area contributed by atoms with Crippen LogP contribution < -0.4 is 10.6 Å². The van der Waals surface area contributed by atoms with E-state index < -0.39 is 0 Å². The molecule has 25 heavy (non-hydrogen) atoms. The third kappa shape index (κ3) is 3.96. The SMILES string of the molecule is Cc1cc(C)c(Nc2cccc(Nc3ccc(C#N)cc3)n2)c(C)c1. The van der Waals surface area contributed by atoms with Crippen molar-refractivity contribution in [3.63, 3.8) is 0 Å². The van der Waals surface area contributed by atoms with Crippen molar-refractivity contribution in [3.8, 4) is 6.07 Å². The molecule has 1 aromatic heterocycles. The minimum absolute atomic E-state index is 0.638. The van der Waals surface area contributed by atoms with E-state index in [0.717, 1.165) is 23.0 Å². The van der Waals surface area contributed by atoms with Crippen LogP contribution in [0, 0.1) is 32.1 Å². The maximum absolute atomic E-state index is 8.87. The quantitative estimate of drug-likeness (QED) is 0.676. The van der Waals surface area contributed by atoms with Crippen LogP contribution in [0.1, 0.15) is 22.3 Å². The summed E-state index contributed by atoms with van der Waals surface area (Å²) in [6.07, 6.45) is 0. The normalized spacial score (nSPS) is 10.2. The predicted octanol–water partition coefficient (Wildman–Crippen LogP) is 5.37. The lowest BCUT2D eigenvalue weighted by Gasteiger charge is -2.14. The Morgan fingerprint density at radius 3 is 2.04 bits per heavy atom. The van der Waals surface area contributed by atoms with Crippen LogP contribution in [0.5, 0.6) is 0 Å². The standard InChI is InChI=1S/C21H20N4/c1-14-11-15(2)21(16(3)12-14)25-20-6-4-5-19(24-20)23-18-9-7-17(13-22)8-10-18/h4-12H,1-3H3,(H2,23,24,25). The van der Waals surface area contributed by atoms with Crippen molar-refractivity contribution >= 4 is 23.0 Å². The van der Waals surface area contributed by atoms with Crippen LogP contribution in [0.4, 0.5) is 23.0 Å². The van der Waals surface area contributed by atoms with Crippen LogP contribution in [0.3, 0.4) is 0 Å². The van der Waals surface area contributed by atoms with Crippen molar-refractivity contribution in [1.82, 2.24) is 4.98 Å². The molecule has 0 spiro atoms. The van der Waals surface area contributed by atoms with E-state index in [1.807, 2.05) is 30.3 Å². The molecule has 4 nitrogen and oxygen atoms in total. The van der Waals surface area contributed by atoms with E-state index in [2.05, 4.69) is 54.6 Å². The van der Waals surface area contributed by atoms with Crippen molar-refractivity contribution in [1.29, 1.82) is 5.26 Å². The average molecular weight is 328 g/mol. The zero-order chi connectivity index (χ0) is 17.8. The van der Waals surface area contributed by atoms with Crippen molar-refractivity contribution in [2.45, 2.75) is 20.8 Å². The van der Waals surface area contributed by atoms with Crippen LogP contribution in [-0.2, 0) is 0 Å². The van der Waals surface area contributed by atoms with Gasteiger partial charge in [-0.3, -0.25) is 0 Å². The van der Waals surface area contributed by atoms with E-state index in [1.54, 1.807) is 12.1 Å². The molecule has 0 amide bonds. The fourth-order valence-corrected chi connectivity index (χ4v) is 2.86. The summed E-state index contributed by atoms with van der Waals surface area (Å²) in [7, 11) is 0. The molecule has 0 radical (unpaired) electrons. The molecule has 0 aliphatic carbocycles. The Morgan fingerprint density at radius 1 is 0.840 bits per heavy atom. The van der Waals surface area contributed by atoms with Gasteiger partial charge in [-0.1, -0.05) is 23.8 Å². The average Bonchev–Trinajstić information content (AvgIpc) is 2.59. The second-order valence-corrected chi connectivity index (χ2v) is 6.12. The van der Waals surface area contributed by atoms with Gasteiger partial charge in [-0.05, 0) is 68.3 Å². The topological polar surface area (TPSA) is 60.7 Å². The number of hydrogen-bond donors (Lipinski definition) is 2. The number of nitrogens with one attached hydrogen (secondary N) is 2. The molecule has 0 fully saturated rings. The zero-order valence-electron chi connectivity index (χ0n) is 14.6. The number of anilines is 4. The van der Waals surface area contributed by atoms with Crippen LogP contribution >= 0.6 is 0 Å². The van der Waals surface area contributed by atoms with Crippen LogP contribution in [0.25, 0.3) is 0 Å². The Kier molecular flexibility index (Phi) is 4.67. The van der Waals surface area contributed by atoms with E-state index in [4.69, 9.17) is 5.26 Å². The molecular formula is C21H20N4. The maximum atomic E-state index is 8.87. The minimum atomic E-state index is 0.638. The molecule has 0 bridgehead atoms. The second kappa shape index (κ2) is 7.06. The summed E-state index contributed by atoms with van der Waals surface area (Å²) in [5.41, 5.74) is 6.28. The highest BCUT2D eigenvalue weighted by Gasteiger charge is 2.06. The predicted molar refractivity (Wildman–Crippen MR) is 103 cm³/mol. The fraction of sp³-hybridized carbons (Fsp3) is 0.143. The summed E-state index contributed by atoms with van der Waals surface area (Å²) < 4.78 is 0. The molecule has 0 saturated carbocycles. The Labute approximate surface area is 148 Å². The number of aryl methyl sites for hydroxylation is 3. The monoisotopic (exact) mass is 328 g/mol. The number of hydrogen-bond acceptors (Lipinski definition) is 4. The van der Waals surface area contributed by atoms with Gasteiger partial charge in [0.1, 0.15) is 11.6 Å². The van der Waals surface area contributed by atoms with Gasteiger partial charge >= 0.3 is 0 Å². The van der Waals surface area contributed by atoms with Gasteiger partial charge < -0.3 is 10.6 Å². The largest absolute Gasteiger partial charge is 0.340 e. The minimum Gasteiger partial charge on any atom is -0.340 e. The first kappa shape index (κ1) is 16.5. The smallest absolute Gasteiger partial charge is 0.132 e. The molecule has 4 heteroatoms. The molecule has 2 aromatic carbocycles. The molecule has 3 aromatic rings. The summed E-state index contributed by atoms with van der Waals surface area (Å²) in [4.78, 5) is 4.62. The highest BCUT2D eigenvalue weighted by molar-refractivity contribution is 5.67. The third-order valence-corrected chi connectivity index (χ3v) is 3.97. The van der Waals surface area contributed by atoms with Crippen LogP contribution in [0.15, 0.2) is 54.6 Å². The van der Waals surface area contributed by atoms with Crippen LogP contribution in [0.2, 0.25) is 0 Å². The molecule has 1 heterocycles. The van der Waals surface area contributed by atoms with Gasteiger partial charge in [0.25, 0.3) is 0 Å². The van der Waals surface area contributed by atoms with E-state index in [9.17, 15) is 0 Å². The number of rotatable bonds is 4. The van der Waals surface area contributed by atoms with E-state index in [1.165, 1.54) is 16.7 Å². The summed E-state index contributed by atoms with van der Waals surface area (Å²) in [5.74, 6) is 1.53. The van der Waals surface area contributed by atoms with Crippen molar-refractivity contribution < 1.29 is 0 Å². The molecule has 0 atom stereocenters. The number of benzene rings is 2. The van der Waals surface area contributed by atoms with Gasteiger partial charge in [0, 0.05) is 11.4 Å². The Morgan fingerprint density at radius 2 is 1.44 bits per heavy atom.